The van der Waals surface area contributed by atoms with Crippen LogP contribution in [0.3, 0.4) is 0 Å². The molecule has 124 valence electrons. The lowest BCUT2D eigenvalue weighted by Crippen LogP contribution is -2.47. The first-order valence-corrected chi connectivity index (χ1v) is 6.89. The molecule has 1 saturated heterocycles. The molecular weight excluding hydrogens is 329 g/mol. The van der Waals surface area contributed by atoms with Gasteiger partial charge in [0.05, 0.1) is 6.54 Å². The van der Waals surface area contributed by atoms with Gasteiger partial charge in [-0.2, -0.15) is 0 Å². The number of carbonyl (C=O) groups excluding carboxylic acids is 1. The molecule has 2 aliphatic heterocycles. The van der Waals surface area contributed by atoms with Gasteiger partial charge in [-0.3, -0.25) is 9.69 Å². The van der Waals surface area contributed by atoms with Gasteiger partial charge in [0.25, 0.3) is 0 Å². The van der Waals surface area contributed by atoms with E-state index in [0.29, 0.717) is 13.1 Å². The number of hydrogen-bond donors (Lipinski definition) is 2. The Kier molecular flexibility index (Phi) is 7.75. The second-order valence-corrected chi connectivity index (χ2v) is 4.99. The topological polar surface area (TPSA) is 62.8 Å². The van der Waals surface area contributed by atoms with Gasteiger partial charge in [0.1, 0.15) is 0 Å². The number of ether oxygens (including phenoxy) is 2. The van der Waals surface area contributed by atoms with Gasteiger partial charge in [0.15, 0.2) is 11.5 Å². The number of rotatable bonds is 4. The molecule has 1 aromatic rings. The van der Waals surface area contributed by atoms with Gasteiger partial charge in [-0.1, -0.05) is 6.07 Å². The van der Waals surface area contributed by atoms with E-state index in [0.717, 1.165) is 43.2 Å². The highest BCUT2D eigenvalue weighted by Crippen LogP contribution is 2.32. The molecule has 2 heterocycles. The molecule has 22 heavy (non-hydrogen) atoms. The number of piperazine rings is 1. The van der Waals surface area contributed by atoms with Crippen molar-refractivity contribution in [1.29, 1.82) is 0 Å². The molecule has 0 unspecified atom stereocenters. The summed E-state index contributed by atoms with van der Waals surface area (Å²) in [6, 6.07) is 5.73. The molecule has 8 heteroatoms. The SMILES string of the molecule is Cl.Cl.O=C(CN1CCNCC1)NCc1ccc2c(c1)OCO2. The van der Waals surface area contributed by atoms with Gasteiger partial charge in [0, 0.05) is 32.7 Å². The summed E-state index contributed by atoms with van der Waals surface area (Å²) in [4.78, 5) is 14.0. The van der Waals surface area contributed by atoms with Crippen molar-refractivity contribution < 1.29 is 14.3 Å². The summed E-state index contributed by atoms with van der Waals surface area (Å²) in [5, 5.41) is 6.21. The fourth-order valence-electron chi connectivity index (χ4n) is 2.38. The van der Waals surface area contributed by atoms with Crippen LogP contribution < -0.4 is 20.1 Å². The maximum atomic E-state index is 11.9. The number of nitrogens with zero attached hydrogens (tertiary/aromatic N) is 1. The first kappa shape index (κ1) is 18.8. The number of nitrogens with one attached hydrogen (secondary N) is 2. The molecule has 0 bridgehead atoms. The standard InChI is InChI=1S/C14H19N3O3.2ClH/c18-14(9-17-5-3-15-4-6-17)16-8-11-1-2-12-13(7-11)20-10-19-12;;/h1-2,7,15H,3-6,8-10H2,(H,16,18);2*1H. The van der Waals surface area contributed by atoms with Crippen molar-refractivity contribution in [2.45, 2.75) is 6.54 Å². The molecule has 0 aromatic heterocycles. The predicted molar refractivity (Wildman–Crippen MR) is 88.2 cm³/mol. The fourth-order valence-corrected chi connectivity index (χ4v) is 2.38. The highest BCUT2D eigenvalue weighted by molar-refractivity contribution is 5.85. The van der Waals surface area contributed by atoms with Crippen molar-refractivity contribution in [3.05, 3.63) is 23.8 Å². The average molecular weight is 350 g/mol. The summed E-state index contributed by atoms with van der Waals surface area (Å²) in [6.45, 7) is 5.02. The zero-order valence-electron chi connectivity index (χ0n) is 12.2. The number of hydrogen-bond acceptors (Lipinski definition) is 5. The van der Waals surface area contributed by atoms with Crippen LogP contribution in [0, 0.1) is 0 Å². The van der Waals surface area contributed by atoms with E-state index >= 15 is 0 Å². The quantitative estimate of drug-likeness (QED) is 0.841. The van der Waals surface area contributed by atoms with Crippen LogP contribution in [-0.4, -0.2) is 50.3 Å². The van der Waals surface area contributed by atoms with E-state index in [1.807, 2.05) is 18.2 Å². The number of carbonyl (C=O) groups is 1. The van der Waals surface area contributed by atoms with Crippen molar-refractivity contribution in [2.75, 3.05) is 39.5 Å². The maximum Gasteiger partial charge on any atom is 0.234 e. The highest BCUT2D eigenvalue weighted by atomic mass is 35.5. The van der Waals surface area contributed by atoms with Gasteiger partial charge >= 0.3 is 0 Å². The normalized spacial score (nSPS) is 16.4. The zero-order valence-corrected chi connectivity index (χ0v) is 13.8. The Morgan fingerprint density at radius 3 is 2.68 bits per heavy atom. The molecule has 1 fully saturated rings. The molecular formula is C14H21Cl2N3O3. The molecule has 0 spiro atoms. The Morgan fingerprint density at radius 1 is 1.18 bits per heavy atom. The monoisotopic (exact) mass is 349 g/mol. The van der Waals surface area contributed by atoms with Crippen LogP contribution in [0.2, 0.25) is 0 Å². The molecule has 6 nitrogen and oxygen atoms in total. The predicted octanol–water partition coefficient (Wildman–Crippen LogP) is 0.780. The molecule has 1 amide bonds. The van der Waals surface area contributed by atoms with Crippen LogP contribution in [0.15, 0.2) is 18.2 Å². The molecule has 0 atom stereocenters. The minimum Gasteiger partial charge on any atom is -0.454 e. The summed E-state index contributed by atoms with van der Waals surface area (Å²) >= 11 is 0. The van der Waals surface area contributed by atoms with E-state index in [9.17, 15) is 4.79 Å². The number of amides is 1. The van der Waals surface area contributed by atoms with Gasteiger partial charge in [-0.05, 0) is 17.7 Å². The van der Waals surface area contributed by atoms with Crippen LogP contribution in [0.25, 0.3) is 0 Å². The van der Waals surface area contributed by atoms with Crippen LogP contribution >= 0.6 is 24.8 Å². The molecule has 2 aliphatic rings. The van der Waals surface area contributed by atoms with E-state index in [1.165, 1.54) is 0 Å². The Hall–Kier alpha value is -1.21. The van der Waals surface area contributed by atoms with Crippen molar-refractivity contribution in [2.24, 2.45) is 0 Å². The van der Waals surface area contributed by atoms with Gasteiger partial charge in [0.2, 0.25) is 12.7 Å². The average Bonchev–Trinajstić information content (AvgIpc) is 2.93. The van der Waals surface area contributed by atoms with Crippen LogP contribution in [0.5, 0.6) is 11.5 Å². The lowest BCUT2D eigenvalue weighted by molar-refractivity contribution is -0.122. The second-order valence-electron chi connectivity index (χ2n) is 4.99. The summed E-state index contributed by atoms with van der Waals surface area (Å²) < 4.78 is 10.6. The summed E-state index contributed by atoms with van der Waals surface area (Å²) in [5.74, 6) is 1.57. The minimum absolute atomic E-state index is 0. The van der Waals surface area contributed by atoms with Gasteiger partial charge < -0.3 is 20.1 Å². The van der Waals surface area contributed by atoms with E-state index in [2.05, 4.69) is 15.5 Å². The Bertz CT molecular complexity index is 496. The third-order valence-electron chi connectivity index (χ3n) is 3.50. The fraction of sp³-hybridized carbons (Fsp3) is 0.500. The Labute approximate surface area is 142 Å². The van der Waals surface area contributed by atoms with Crippen LogP contribution in [-0.2, 0) is 11.3 Å². The van der Waals surface area contributed by atoms with Crippen LogP contribution in [0.4, 0.5) is 0 Å². The molecule has 0 radical (unpaired) electrons. The number of halogens is 2. The Balaban J connectivity index is 0.00000121. The van der Waals surface area contributed by atoms with Gasteiger partial charge in [-0.15, -0.1) is 24.8 Å². The van der Waals surface area contributed by atoms with Gasteiger partial charge in [-0.25, -0.2) is 0 Å². The smallest absolute Gasteiger partial charge is 0.234 e. The van der Waals surface area contributed by atoms with E-state index < -0.39 is 0 Å². The zero-order chi connectivity index (χ0) is 13.8. The molecule has 0 aliphatic carbocycles. The van der Waals surface area contributed by atoms with Crippen LogP contribution in [0.1, 0.15) is 5.56 Å². The van der Waals surface area contributed by atoms with E-state index in [1.54, 1.807) is 0 Å². The summed E-state index contributed by atoms with van der Waals surface area (Å²) in [5.41, 5.74) is 1.02. The summed E-state index contributed by atoms with van der Waals surface area (Å²) in [6.07, 6.45) is 0. The second kappa shape index (κ2) is 9.05. The maximum absolute atomic E-state index is 11.9. The number of fused-ring (bicyclic) bond motifs is 1. The Morgan fingerprint density at radius 2 is 1.91 bits per heavy atom. The third-order valence-corrected chi connectivity index (χ3v) is 3.50. The van der Waals surface area contributed by atoms with Crippen molar-refractivity contribution in [3.8, 4) is 11.5 Å². The lowest BCUT2D eigenvalue weighted by Gasteiger charge is -2.26. The van der Waals surface area contributed by atoms with Crippen molar-refractivity contribution in [3.63, 3.8) is 0 Å². The van der Waals surface area contributed by atoms with E-state index in [-0.39, 0.29) is 37.5 Å². The lowest BCUT2D eigenvalue weighted by atomic mass is 10.2. The molecule has 1 aromatic carbocycles. The number of benzene rings is 1. The van der Waals surface area contributed by atoms with Crippen molar-refractivity contribution in [1.82, 2.24) is 15.5 Å². The summed E-state index contributed by atoms with van der Waals surface area (Å²) in [7, 11) is 0. The molecule has 2 N–H and O–H groups in total. The minimum atomic E-state index is 0. The first-order chi connectivity index (χ1) is 9.81. The molecule has 3 rings (SSSR count). The molecule has 0 saturated carbocycles. The largest absolute Gasteiger partial charge is 0.454 e. The van der Waals surface area contributed by atoms with E-state index in [4.69, 9.17) is 9.47 Å². The third kappa shape index (κ3) is 4.91. The highest BCUT2D eigenvalue weighted by Gasteiger charge is 2.15. The van der Waals surface area contributed by atoms with Crippen molar-refractivity contribution >= 4 is 30.7 Å². The first-order valence-electron chi connectivity index (χ1n) is 6.89.